The summed E-state index contributed by atoms with van der Waals surface area (Å²) in [6.07, 6.45) is 0. The molecule has 0 spiro atoms. The summed E-state index contributed by atoms with van der Waals surface area (Å²) >= 11 is 0. The molecule has 1 amide bonds. The van der Waals surface area contributed by atoms with Gasteiger partial charge in [0, 0.05) is 17.3 Å². The molecule has 0 aliphatic rings. The van der Waals surface area contributed by atoms with Gasteiger partial charge in [-0.25, -0.2) is 0 Å². The third-order valence-corrected chi connectivity index (χ3v) is 2.02. The Morgan fingerprint density at radius 2 is 2.24 bits per heavy atom. The molecule has 0 bridgehead atoms. The number of nitrogen functional groups attached to an aromatic ring is 1. The van der Waals surface area contributed by atoms with Crippen LogP contribution in [0.2, 0.25) is 0 Å². The van der Waals surface area contributed by atoms with Crippen molar-refractivity contribution in [2.45, 2.75) is 13.8 Å². The van der Waals surface area contributed by atoms with E-state index in [1.54, 1.807) is 25.1 Å². The minimum absolute atomic E-state index is 0.207. The van der Waals surface area contributed by atoms with Crippen molar-refractivity contribution in [3.05, 3.63) is 23.8 Å². The second kappa shape index (κ2) is 6.44. The number of anilines is 1. The van der Waals surface area contributed by atoms with E-state index in [2.05, 4.69) is 17.2 Å². The largest absolute Gasteiger partial charge is 0.494 e. The molecule has 4 heteroatoms. The van der Waals surface area contributed by atoms with Crippen LogP contribution in [0.3, 0.4) is 0 Å². The Bertz CT molecular complexity index is 458. The van der Waals surface area contributed by atoms with Crippen LogP contribution in [0.1, 0.15) is 24.2 Å². The summed E-state index contributed by atoms with van der Waals surface area (Å²) < 4.78 is 5.32. The molecule has 0 saturated heterocycles. The predicted molar refractivity (Wildman–Crippen MR) is 67.8 cm³/mol. The maximum absolute atomic E-state index is 11.7. The number of ether oxygens (including phenoxy) is 1. The van der Waals surface area contributed by atoms with Crippen LogP contribution in [-0.4, -0.2) is 19.1 Å². The van der Waals surface area contributed by atoms with Crippen molar-refractivity contribution in [3.63, 3.8) is 0 Å². The van der Waals surface area contributed by atoms with E-state index < -0.39 is 0 Å². The third-order valence-electron chi connectivity index (χ3n) is 2.02. The average molecular weight is 232 g/mol. The first-order valence-corrected chi connectivity index (χ1v) is 5.38. The van der Waals surface area contributed by atoms with E-state index in [1.807, 2.05) is 6.92 Å². The van der Waals surface area contributed by atoms with Gasteiger partial charge in [0.15, 0.2) is 0 Å². The first-order chi connectivity index (χ1) is 8.17. The summed E-state index contributed by atoms with van der Waals surface area (Å²) in [6.45, 7) is 4.46. The average Bonchev–Trinajstić information content (AvgIpc) is 2.29. The van der Waals surface area contributed by atoms with Crippen molar-refractivity contribution < 1.29 is 9.53 Å². The Kier molecular flexibility index (Phi) is 4.89. The number of nitrogens with one attached hydrogen (secondary N) is 1. The Morgan fingerprint density at radius 1 is 1.47 bits per heavy atom. The topological polar surface area (TPSA) is 64.4 Å². The molecule has 1 aromatic rings. The molecule has 0 aliphatic carbocycles. The van der Waals surface area contributed by atoms with E-state index in [-0.39, 0.29) is 5.91 Å². The van der Waals surface area contributed by atoms with Gasteiger partial charge in [-0.05, 0) is 26.0 Å². The molecule has 3 N–H and O–H groups in total. The van der Waals surface area contributed by atoms with E-state index in [4.69, 9.17) is 10.5 Å². The van der Waals surface area contributed by atoms with E-state index in [1.165, 1.54) is 0 Å². The smallest absolute Gasteiger partial charge is 0.252 e. The SMILES string of the molecule is CC#CCNC(=O)c1cc(N)cc(OCC)c1. The van der Waals surface area contributed by atoms with Gasteiger partial charge in [-0.15, -0.1) is 5.92 Å². The highest BCUT2D eigenvalue weighted by atomic mass is 16.5. The van der Waals surface area contributed by atoms with Crippen LogP contribution >= 0.6 is 0 Å². The van der Waals surface area contributed by atoms with Gasteiger partial charge in [0.05, 0.1) is 13.2 Å². The summed E-state index contributed by atoms with van der Waals surface area (Å²) in [5.41, 5.74) is 6.67. The van der Waals surface area contributed by atoms with E-state index in [0.717, 1.165) is 0 Å². The summed E-state index contributed by atoms with van der Waals surface area (Å²) in [5.74, 6) is 5.85. The number of nitrogens with two attached hydrogens (primary N) is 1. The fraction of sp³-hybridized carbons (Fsp3) is 0.308. The number of rotatable bonds is 4. The first-order valence-electron chi connectivity index (χ1n) is 5.38. The zero-order valence-electron chi connectivity index (χ0n) is 10.0. The molecular weight excluding hydrogens is 216 g/mol. The molecule has 0 radical (unpaired) electrons. The normalized spacial score (nSPS) is 9.06. The number of amides is 1. The molecule has 4 nitrogen and oxygen atoms in total. The maximum atomic E-state index is 11.7. The number of hydrogen-bond donors (Lipinski definition) is 2. The fourth-order valence-electron chi connectivity index (χ4n) is 1.32. The lowest BCUT2D eigenvalue weighted by molar-refractivity contribution is 0.0958. The van der Waals surface area contributed by atoms with Gasteiger partial charge in [0.1, 0.15) is 5.75 Å². The highest BCUT2D eigenvalue weighted by Crippen LogP contribution is 2.18. The van der Waals surface area contributed by atoms with Crippen molar-refractivity contribution in [1.82, 2.24) is 5.32 Å². The minimum atomic E-state index is -0.207. The molecule has 0 fully saturated rings. The number of carbonyl (C=O) groups is 1. The third kappa shape index (κ3) is 4.07. The monoisotopic (exact) mass is 232 g/mol. The Balaban J connectivity index is 2.80. The zero-order valence-corrected chi connectivity index (χ0v) is 10.0. The lowest BCUT2D eigenvalue weighted by Crippen LogP contribution is -2.23. The summed E-state index contributed by atoms with van der Waals surface area (Å²) in [5, 5.41) is 2.67. The minimum Gasteiger partial charge on any atom is -0.494 e. The summed E-state index contributed by atoms with van der Waals surface area (Å²) in [4.78, 5) is 11.7. The fourth-order valence-corrected chi connectivity index (χ4v) is 1.32. The van der Waals surface area contributed by atoms with Gasteiger partial charge in [-0.2, -0.15) is 0 Å². The van der Waals surface area contributed by atoms with Crippen LogP contribution < -0.4 is 15.8 Å². The van der Waals surface area contributed by atoms with Gasteiger partial charge >= 0.3 is 0 Å². The van der Waals surface area contributed by atoms with Crippen molar-refractivity contribution in [2.24, 2.45) is 0 Å². The lowest BCUT2D eigenvalue weighted by atomic mass is 10.1. The number of benzene rings is 1. The van der Waals surface area contributed by atoms with Gasteiger partial charge in [0.25, 0.3) is 5.91 Å². The van der Waals surface area contributed by atoms with E-state index in [0.29, 0.717) is 30.2 Å². The van der Waals surface area contributed by atoms with Crippen molar-refractivity contribution in [1.29, 1.82) is 0 Å². The predicted octanol–water partition coefficient (Wildman–Crippen LogP) is 1.42. The molecule has 1 aromatic carbocycles. The molecule has 0 unspecified atom stereocenters. The molecule has 0 atom stereocenters. The molecular formula is C13H16N2O2. The molecule has 0 aromatic heterocycles. The van der Waals surface area contributed by atoms with Crippen LogP contribution in [0, 0.1) is 11.8 Å². The number of hydrogen-bond acceptors (Lipinski definition) is 3. The van der Waals surface area contributed by atoms with Crippen LogP contribution in [0.15, 0.2) is 18.2 Å². The molecule has 17 heavy (non-hydrogen) atoms. The van der Waals surface area contributed by atoms with Crippen LogP contribution in [0.5, 0.6) is 5.75 Å². The Hall–Kier alpha value is -2.15. The lowest BCUT2D eigenvalue weighted by Gasteiger charge is -2.07. The van der Waals surface area contributed by atoms with Gasteiger partial charge in [0.2, 0.25) is 0 Å². The Labute approximate surface area is 101 Å². The Morgan fingerprint density at radius 3 is 2.88 bits per heavy atom. The number of carbonyl (C=O) groups excluding carboxylic acids is 1. The van der Waals surface area contributed by atoms with E-state index >= 15 is 0 Å². The second-order valence-electron chi connectivity index (χ2n) is 3.33. The summed E-state index contributed by atoms with van der Waals surface area (Å²) in [6, 6.07) is 4.96. The van der Waals surface area contributed by atoms with Gasteiger partial charge < -0.3 is 15.8 Å². The zero-order chi connectivity index (χ0) is 12.7. The molecule has 0 aliphatic heterocycles. The van der Waals surface area contributed by atoms with Crippen molar-refractivity contribution in [3.8, 4) is 17.6 Å². The first kappa shape index (κ1) is 12.9. The van der Waals surface area contributed by atoms with E-state index in [9.17, 15) is 4.79 Å². The van der Waals surface area contributed by atoms with Crippen molar-refractivity contribution in [2.75, 3.05) is 18.9 Å². The van der Waals surface area contributed by atoms with Crippen LogP contribution in [-0.2, 0) is 0 Å². The van der Waals surface area contributed by atoms with Crippen LogP contribution in [0.4, 0.5) is 5.69 Å². The van der Waals surface area contributed by atoms with Crippen LogP contribution in [0.25, 0.3) is 0 Å². The van der Waals surface area contributed by atoms with Gasteiger partial charge in [-0.3, -0.25) is 4.79 Å². The molecule has 0 heterocycles. The quantitative estimate of drug-likeness (QED) is 0.609. The molecule has 0 saturated carbocycles. The highest BCUT2D eigenvalue weighted by Gasteiger charge is 2.07. The standard InChI is InChI=1S/C13H16N2O2/c1-3-5-6-15-13(16)10-7-11(14)9-12(8-10)17-4-2/h7-9H,4,6,14H2,1-2H3,(H,15,16). The second-order valence-corrected chi connectivity index (χ2v) is 3.33. The van der Waals surface area contributed by atoms with Gasteiger partial charge in [-0.1, -0.05) is 5.92 Å². The van der Waals surface area contributed by atoms with Crippen molar-refractivity contribution >= 4 is 11.6 Å². The maximum Gasteiger partial charge on any atom is 0.252 e. The molecule has 1 rings (SSSR count). The summed E-state index contributed by atoms with van der Waals surface area (Å²) in [7, 11) is 0. The molecule has 90 valence electrons. The highest BCUT2D eigenvalue weighted by molar-refractivity contribution is 5.95.